The second-order valence-electron chi connectivity index (χ2n) is 12.5. The molecule has 24 heavy (non-hydrogen) atoms. The second kappa shape index (κ2) is 0.980. The molecule has 10 aliphatic rings. The normalized spacial score (nSPS) is 87.8. The van der Waals surface area contributed by atoms with Crippen LogP contribution < -0.4 is 10.2 Å². The van der Waals surface area contributed by atoms with Gasteiger partial charge in [-0.15, -0.1) is 0 Å². The van der Waals surface area contributed by atoms with Gasteiger partial charge < -0.3 is 0 Å². The summed E-state index contributed by atoms with van der Waals surface area (Å²) in [5, 5.41) is 0.635. The van der Waals surface area contributed by atoms with Gasteiger partial charge in [0, 0.05) is 0 Å². The molecule has 12 rings (SSSR count). The second-order valence-corrected chi connectivity index (χ2v) is 36.0. The van der Waals surface area contributed by atoms with Gasteiger partial charge in [0.25, 0.3) is 0 Å². The van der Waals surface area contributed by atoms with Gasteiger partial charge in [-0.05, 0) is 0 Å². The number of hydrogen-bond acceptors (Lipinski definition) is 3. The monoisotopic (exact) mass is 360 g/mol. The first-order valence-corrected chi connectivity index (χ1v) is 15.6. The van der Waals surface area contributed by atoms with Crippen molar-refractivity contribution in [2.45, 2.75) is 47.7 Å². The van der Waals surface area contributed by atoms with Gasteiger partial charge in [-0.1, -0.05) is 0 Å². The van der Waals surface area contributed by atoms with E-state index < -0.39 is 6.51 Å². The molecule has 0 aliphatic carbocycles. The fraction of sp³-hybridized carbons (Fsp3) is 0.550. The molecule has 4 atom stereocenters. The van der Waals surface area contributed by atoms with Crippen molar-refractivity contribution >= 4 is 11.0 Å². The van der Waals surface area contributed by atoms with Crippen LogP contribution in [0.2, 0.25) is 43.3 Å². The summed E-state index contributed by atoms with van der Waals surface area (Å²) < 4.78 is 12.5. The van der Waals surface area contributed by atoms with E-state index in [1.165, 1.54) is 39.5 Å². The number of methoxy groups -OCH3 is 1. The predicted octanol–water partition coefficient (Wildman–Crippen LogP) is 4.60. The van der Waals surface area contributed by atoms with Gasteiger partial charge in [-0.2, -0.15) is 0 Å². The van der Waals surface area contributed by atoms with Crippen LogP contribution in [0.5, 0.6) is 5.75 Å². The summed E-state index contributed by atoms with van der Waals surface area (Å²) in [6.07, 6.45) is 0. The van der Waals surface area contributed by atoms with E-state index in [0.717, 1.165) is 15.2 Å². The van der Waals surface area contributed by atoms with E-state index in [1.807, 2.05) is 24.3 Å². The van der Waals surface area contributed by atoms with Gasteiger partial charge in [0.1, 0.15) is 0 Å². The van der Waals surface area contributed by atoms with Crippen LogP contribution in [0.3, 0.4) is 0 Å². The summed E-state index contributed by atoms with van der Waals surface area (Å²) in [6, 6.07) is 7.70. The Morgan fingerprint density at radius 1 is 1.04 bits per heavy atom. The molecule has 1 aromatic heterocycles. The molecule has 3 nitrogen and oxygen atoms in total. The number of ether oxygens (including phenoxy) is 1. The van der Waals surface area contributed by atoms with Crippen molar-refractivity contribution in [3.05, 3.63) is 40.2 Å². The SMILES string of the molecule is COc1cccc2oc([C]34[CH]5[CH]6[CH]7[CH]3[Fe]6754389%10[CH]4[CH]3[CH]8[CH]9[CH]4%10)cc(=O)c12. The first-order valence-electron chi connectivity index (χ1n) is 9.30. The molecule has 4 unspecified atom stereocenters. The fourth-order valence-corrected chi connectivity index (χ4v) is 92.3. The molecule has 2 aromatic rings. The van der Waals surface area contributed by atoms with Crippen molar-refractivity contribution in [3.8, 4) is 5.75 Å². The Labute approximate surface area is 127 Å². The van der Waals surface area contributed by atoms with Crippen LogP contribution >= 0.6 is 0 Å². The van der Waals surface area contributed by atoms with Crippen LogP contribution in [0.25, 0.3) is 11.0 Å². The van der Waals surface area contributed by atoms with Crippen molar-refractivity contribution in [3.63, 3.8) is 0 Å². The first-order chi connectivity index (χ1) is 11.5. The molecule has 10 saturated heterocycles. The van der Waals surface area contributed by atoms with E-state index in [4.69, 9.17) is 9.15 Å². The van der Waals surface area contributed by atoms with Gasteiger partial charge in [0.15, 0.2) is 0 Å². The molecule has 0 saturated carbocycles. The molecule has 122 valence electrons. The third-order valence-electron chi connectivity index (χ3n) is 17.0. The Hall–Kier alpha value is -1.25. The first kappa shape index (κ1) is 9.45. The Kier molecular flexibility index (Phi) is 0.386. The zero-order valence-electron chi connectivity index (χ0n) is 13.1. The molecule has 0 radical (unpaired) electrons. The Morgan fingerprint density at radius 2 is 1.71 bits per heavy atom. The maximum absolute atomic E-state index is 13.0. The molecule has 10 fully saturated rings. The van der Waals surface area contributed by atoms with Crippen LogP contribution in [0, 0.1) is 0 Å². The third-order valence-corrected chi connectivity index (χ3v) is 59.3. The van der Waals surface area contributed by atoms with Crippen molar-refractivity contribution in [2.75, 3.05) is 7.11 Å². The quantitative estimate of drug-likeness (QED) is 0.735. The standard InChI is InChI=1S/C15H11O3.C5H5.Fe/c1-17-12-7-4-8-13-15(12)11(16)9-14(18-13)10-5-2-3-6-10;1-2-4-5-3-1;/h2-9H,1H3;1-5H;. The van der Waals surface area contributed by atoms with Crippen LogP contribution in [-0.2, 0) is 10.8 Å². The van der Waals surface area contributed by atoms with Crippen molar-refractivity contribution in [1.82, 2.24) is 0 Å². The van der Waals surface area contributed by atoms with Crippen LogP contribution in [0.1, 0.15) is 5.76 Å². The molecule has 0 N–H and O–H groups in total. The number of benzene rings is 1. The molecule has 11 heterocycles. The van der Waals surface area contributed by atoms with Gasteiger partial charge in [0.05, 0.1) is 0 Å². The molecule has 1 aromatic carbocycles. The molecule has 10 aliphatic heterocycles. The van der Waals surface area contributed by atoms with E-state index in [0.29, 0.717) is 15.4 Å². The molecular formula is C20H16FeO3. The third kappa shape index (κ3) is 0.134. The van der Waals surface area contributed by atoms with Gasteiger partial charge >= 0.3 is 127 Å². The number of fused-ring (bicyclic) bond motifs is 11. The van der Waals surface area contributed by atoms with Gasteiger partial charge in [-0.3, -0.25) is 0 Å². The predicted molar refractivity (Wildman–Crippen MR) is 84.5 cm³/mol. The summed E-state index contributed by atoms with van der Waals surface area (Å²) >= 11 is 0. The zero-order chi connectivity index (χ0) is 15.1. The minimum absolute atomic E-state index is 0.125. The van der Waals surface area contributed by atoms with Crippen molar-refractivity contribution in [2.24, 2.45) is 0 Å². The molecule has 1 spiro atoms. The molecular weight excluding hydrogens is 344 g/mol. The van der Waals surface area contributed by atoms with Crippen LogP contribution in [0.15, 0.2) is 33.5 Å². The summed E-state index contributed by atoms with van der Waals surface area (Å²) in [5.74, 6) is 1.82. The maximum atomic E-state index is 13.0. The summed E-state index contributed by atoms with van der Waals surface area (Å²) in [7, 11) is 1.63. The zero-order valence-corrected chi connectivity index (χ0v) is 14.2. The van der Waals surface area contributed by atoms with Crippen molar-refractivity contribution < 1.29 is 15.7 Å². The van der Waals surface area contributed by atoms with E-state index in [2.05, 4.69) is 0 Å². The fourth-order valence-electron chi connectivity index (χ4n) is 18.4. The van der Waals surface area contributed by atoms with E-state index in [-0.39, 0.29) is 5.43 Å². The summed E-state index contributed by atoms with van der Waals surface area (Å²) in [4.78, 5) is 24.0. The molecule has 0 bridgehead atoms. The van der Waals surface area contributed by atoms with Crippen molar-refractivity contribution in [1.29, 1.82) is 0 Å². The van der Waals surface area contributed by atoms with E-state index in [9.17, 15) is 4.79 Å². The summed E-state index contributed by atoms with van der Waals surface area (Å²) in [5.41, 5.74) is 0.882. The topological polar surface area (TPSA) is 39.4 Å². The Morgan fingerprint density at radius 3 is 2.21 bits per heavy atom. The van der Waals surface area contributed by atoms with Crippen LogP contribution in [0.4, 0.5) is 0 Å². The van der Waals surface area contributed by atoms with Crippen LogP contribution in [-0.4, -0.2) is 7.11 Å². The molecule has 4 heteroatoms. The summed E-state index contributed by atoms with van der Waals surface area (Å²) in [6.45, 7) is -3.26. The van der Waals surface area contributed by atoms with Gasteiger partial charge in [0.2, 0.25) is 0 Å². The minimum atomic E-state index is -3.26. The Balaban J connectivity index is 1.33. The number of rotatable bonds is 2. The average Bonchev–Trinajstić information content (AvgIpc) is 3.54. The Bertz CT molecular complexity index is 1520. The number of hydrogen-bond donors (Lipinski definition) is 0. The van der Waals surface area contributed by atoms with E-state index >= 15 is 0 Å². The van der Waals surface area contributed by atoms with E-state index in [1.54, 1.807) is 7.11 Å². The van der Waals surface area contributed by atoms with Gasteiger partial charge in [-0.25, -0.2) is 0 Å². The average molecular weight is 360 g/mol. The molecule has 0 amide bonds.